The number of aromatic amines is 1. The van der Waals surface area contributed by atoms with Crippen molar-refractivity contribution in [2.75, 3.05) is 26.2 Å². The molecule has 0 aliphatic carbocycles. The van der Waals surface area contributed by atoms with Crippen LogP contribution in [0.2, 0.25) is 12.1 Å². The predicted molar refractivity (Wildman–Crippen MR) is 146 cm³/mol. The summed E-state index contributed by atoms with van der Waals surface area (Å²) in [5.74, 6) is 0.495. The number of aryl methyl sites for hydroxylation is 2. The third-order valence-electron chi connectivity index (χ3n) is 8.03. The first-order valence-corrected chi connectivity index (χ1v) is 15.2. The number of hydrogen-bond acceptors (Lipinski definition) is 5. The minimum atomic E-state index is -0.401. The van der Waals surface area contributed by atoms with Gasteiger partial charge in [0.05, 0.1) is 17.8 Å². The molecule has 37 heavy (non-hydrogen) atoms. The monoisotopic (exact) mass is 508 g/mol. The number of carbonyl (C=O) groups is 1. The van der Waals surface area contributed by atoms with Gasteiger partial charge in [0.2, 0.25) is 0 Å². The Bertz CT molecular complexity index is 1490. The van der Waals surface area contributed by atoms with Crippen molar-refractivity contribution in [3.05, 3.63) is 65.4 Å². The van der Waals surface area contributed by atoms with Crippen molar-refractivity contribution in [3.8, 4) is 28.1 Å². The molecule has 2 aromatic heterocycles. The van der Waals surface area contributed by atoms with Gasteiger partial charge in [-0.1, -0.05) is 24.3 Å². The van der Waals surface area contributed by atoms with Gasteiger partial charge in [-0.3, -0.25) is 9.89 Å². The quantitative estimate of drug-likeness (QED) is 0.395. The average molecular weight is 509 g/mol. The molecule has 5 heterocycles. The first kappa shape index (κ1) is 22.7. The first-order valence-electron chi connectivity index (χ1n) is 13.3. The fourth-order valence-electron chi connectivity index (χ4n) is 6.00. The highest BCUT2D eigenvalue weighted by atomic mass is 28.3. The van der Waals surface area contributed by atoms with Crippen molar-refractivity contribution >= 4 is 25.9 Å². The molecule has 8 heteroatoms. The second kappa shape index (κ2) is 9.43. The lowest BCUT2D eigenvalue weighted by Crippen LogP contribution is -2.36. The summed E-state index contributed by atoms with van der Waals surface area (Å²) in [6.07, 6.45) is 7.08. The van der Waals surface area contributed by atoms with Crippen molar-refractivity contribution in [1.29, 1.82) is 0 Å². The Morgan fingerprint density at radius 3 is 2.65 bits per heavy atom. The van der Waals surface area contributed by atoms with Gasteiger partial charge in [0.1, 0.15) is 21.3 Å². The van der Waals surface area contributed by atoms with E-state index in [-0.39, 0.29) is 5.91 Å². The molecule has 1 fully saturated rings. The number of fused-ring (bicyclic) bond motifs is 3. The van der Waals surface area contributed by atoms with E-state index in [0.717, 1.165) is 22.2 Å². The SMILES string of the molecule is O=C1NCCOc2cc(-c3[nH]nc4ncc(-c5ccc6c(c5)CC[Si](N5CCCC5)CC6)cc34)ccc21. The third-order valence-corrected chi connectivity index (χ3v) is 11.0. The Morgan fingerprint density at radius 1 is 0.919 bits per heavy atom. The molecule has 4 aromatic rings. The Kier molecular flexibility index (Phi) is 5.78. The molecule has 3 aliphatic heterocycles. The van der Waals surface area contributed by atoms with Crippen LogP contribution in [0.5, 0.6) is 5.75 Å². The summed E-state index contributed by atoms with van der Waals surface area (Å²) in [7, 11) is -0.401. The van der Waals surface area contributed by atoms with Gasteiger partial charge in [-0.15, -0.1) is 0 Å². The predicted octanol–water partition coefficient (Wildman–Crippen LogP) is 4.60. The van der Waals surface area contributed by atoms with Crippen LogP contribution in [-0.4, -0.2) is 60.9 Å². The topological polar surface area (TPSA) is 83.1 Å². The normalized spacial score (nSPS) is 18.5. The van der Waals surface area contributed by atoms with E-state index in [9.17, 15) is 4.79 Å². The molecule has 3 aliphatic rings. The molecule has 0 atom stereocenters. The number of nitrogens with zero attached hydrogens (tertiary/aromatic N) is 3. The average Bonchev–Trinajstić information content (AvgIpc) is 3.52. The molecule has 0 unspecified atom stereocenters. The lowest BCUT2D eigenvalue weighted by molar-refractivity contribution is 0.0957. The van der Waals surface area contributed by atoms with Crippen LogP contribution < -0.4 is 10.1 Å². The molecule has 0 spiro atoms. The van der Waals surface area contributed by atoms with Gasteiger partial charge in [0.25, 0.3) is 5.91 Å². The summed E-state index contributed by atoms with van der Waals surface area (Å²) in [6.45, 7) is 3.59. The van der Waals surface area contributed by atoms with Crippen molar-refractivity contribution < 1.29 is 9.53 Å². The van der Waals surface area contributed by atoms with E-state index in [1.807, 2.05) is 24.4 Å². The van der Waals surface area contributed by atoms with E-state index in [4.69, 9.17) is 4.74 Å². The summed E-state index contributed by atoms with van der Waals surface area (Å²) in [5.41, 5.74) is 8.38. The maximum Gasteiger partial charge on any atom is 0.255 e. The van der Waals surface area contributed by atoms with Crippen molar-refractivity contribution in [3.63, 3.8) is 0 Å². The molecule has 2 aromatic carbocycles. The molecule has 0 saturated carbocycles. The highest BCUT2D eigenvalue weighted by molar-refractivity contribution is 6.56. The van der Waals surface area contributed by atoms with Crippen LogP contribution in [0.4, 0.5) is 0 Å². The second-order valence-corrected chi connectivity index (χ2v) is 13.0. The molecule has 1 saturated heterocycles. The van der Waals surface area contributed by atoms with Crippen LogP contribution in [0, 0.1) is 0 Å². The summed E-state index contributed by atoms with van der Waals surface area (Å²) >= 11 is 0. The fraction of sp³-hybridized carbons (Fsp3) is 0.345. The Hall–Kier alpha value is -3.49. The van der Waals surface area contributed by atoms with Crippen LogP contribution in [0.15, 0.2) is 48.7 Å². The largest absolute Gasteiger partial charge is 0.491 e. The molecular formula is C29H30N5O2Si. The van der Waals surface area contributed by atoms with Crippen LogP contribution in [0.25, 0.3) is 33.4 Å². The number of benzene rings is 2. The molecule has 7 nitrogen and oxygen atoms in total. The van der Waals surface area contributed by atoms with E-state index < -0.39 is 8.96 Å². The van der Waals surface area contributed by atoms with E-state index in [1.54, 1.807) is 0 Å². The van der Waals surface area contributed by atoms with Crippen LogP contribution >= 0.6 is 0 Å². The van der Waals surface area contributed by atoms with Crippen LogP contribution in [0.3, 0.4) is 0 Å². The van der Waals surface area contributed by atoms with Gasteiger partial charge < -0.3 is 14.6 Å². The Morgan fingerprint density at radius 2 is 1.76 bits per heavy atom. The molecule has 1 amide bonds. The number of ether oxygens (including phenoxy) is 1. The van der Waals surface area contributed by atoms with E-state index in [2.05, 4.69) is 49.3 Å². The number of pyridine rings is 1. The summed E-state index contributed by atoms with van der Waals surface area (Å²) in [4.78, 5) is 17.0. The lowest BCUT2D eigenvalue weighted by Gasteiger charge is -2.23. The fourth-order valence-corrected chi connectivity index (χ4v) is 8.94. The summed E-state index contributed by atoms with van der Waals surface area (Å²) in [6, 6.07) is 17.6. The van der Waals surface area contributed by atoms with Crippen molar-refractivity contribution in [1.82, 2.24) is 25.1 Å². The van der Waals surface area contributed by atoms with Crippen LogP contribution in [-0.2, 0) is 12.8 Å². The summed E-state index contributed by atoms with van der Waals surface area (Å²) < 4.78 is 8.65. The van der Waals surface area contributed by atoms with E-state index in [0.29, 0.717) is 30.1 Å². The van der Waals surface area contributed by atoms with Gasteiger partial charge >= 0.3 is 0 Å². The van der Waals surface area contributed by atoms with E-state index >= 15 is 0 Å². The van der Waals surface area contributed by atoms with Crippen molar-refractivity contribution in [2.45, 2.75) is 37.8 Å². The molecule has 187 valence electrons. The number of carbonyl (C=O) groups excluding carboxylic acids is 1. The van der Waals surface area contributed by atoms with Crippen molar-refractivity contribution in [2.24, 2.45) is 0 Å². The highest BCUT2D eigenvalue weighted by Gasteiger charge is 2.26. The summed E-state index contributed by atoms with van der Waals surface area (Å²) in [5, 5.41) is 11.4. The Labute approximate surface area is 217 Å². The zero-order valence-electron chi connectivity index (χ0n) is 20.8. The zero-order valence-corrected chi connectivity index (χ0v) is 21.8. The standard InChI is InChI=1S/C29H30N5O2Si/c35-29-24-6-5-22(17-26(24)36-12-9-30-29)27-25-16-23(18-31-28(25)33-32-27)20-4-3-19-7-13-37(14-8-21(19)15-20)34-10-1-2-11-34/h3-6,15-18H,1-2,7-14H2,(H,30,35)(H,31,32,33). The highest BCUT2D eigenvalue weighted by Crippen LogP contribution is 2.34. The van der Waals surface area contributed by atoms with E-state index in [1.165, 1.54) is 67.6 Å². The van der Waals surface area contributed by atoms with Crippen LogP contribution in [0.1, 0.15) is 34.3 Å². The molecule has 2 N–H and O–H groups in total. The molecule has 0 bridgehead atoms. The second-order valence-electron chi connectivity index (χ2n) is 10.3. The van der Waals surface area contributed by atoms with Gasteiger partial charge in [-0.2, -0.15) is 5.10 Å². The van der Waals surface area contributed by atoms with Gasteiger partial charge in [-0.25, -0.2) is 4.98 Å². The Balaban J connectivity index is 1.20. The number of nitrogens with one attached hydrogen (secondary N) is 2. The smallest absolute Gasteiger partial charge is 0.255 e. The zero-order chi connectivity index (χ0) is 24.8. The van der Waals surface area contributed by atoms with Gasteiger partial charge in [0, 0.05) is 22.7 Å². The van der Waals surface area contributed by atoms with Gasteiger partial charge in [0.15, 0.2) is 5.65 Å². The number of H-pyrrole nitrogens is 1. The molecular weight excluding hydrogens is 478 g/mol. The number of hydrogen-bond donors (Lipinski definition) is 2. The lowest BCUT2D eigenvalue weighted by atomic mass is 9.96. The minimum Gasteiger partial charge on any atom is -0.491 e. The minimum absolute atomic E-state index is 0.102. The molecule has 1 radical (unpaired) electrons. The maximum atomic E-state index is 12.3. The number of rotatable bonds is 3. The van der Waals surface area contributed by atoms with Gasteiger partial charge in [-0.05, 0) is 85.8 Å². The first-order chi connectivity index (χ1) is 18.2. The number of amides is 1. The number of aromatic nitrogens is 3. The maximum absolute atomic E-state index is 12.3. The molecule has 7 rings (SSSR count). The third kappa shape index (κ3) is 4.24.